The monoisotopic (exact) mass is 480 g/mol. The van der Waals surface area contributed by atoms with Gasteiger partial charge in [-0.3, -0.25) is 9.59 Å². The van der Waals surface area contributed by atoms with E-state index in [9.17, 15) is 14.0 Å². The highest BCUT2D eigenvalue weighted by Gasteiger charge is 2.31. The number of nitrogens with one attached hydrogen (secondary N) is 2. The topological polar surface area (TPSA) is 92.2 Å². The number of likely N-dealkylation sites (tertiary alicyclic amines) is 1. The Bertz CT molecular complexity index is 1340. The molecule has 0 spiro atoms. The zero-order chi connectivity index (χ0) is 23.2. The van der Waals surface area contributed by atoms with Crippen LogP contribution in [0.15, 0.2) is 40.2 Å². The normalized spacial score (nSPS) is 20.5. The number of hydrogen-bond donors (Lipinski definition) is 2. The third-order valence-corrected chi connectivity index (χ3v) is 7.99. The molecule has 8 nitrogen and oxygen atoms in total. The number of anilines is 1. The van der Waals surface area contributed by atoms with Crippen molar-refractivity contribution in [3.63, 3.8) is 0 Å². The summed E-state index contributed by atoms with van der Waals surface area (Å²) in [6.07, 6.45) is 1.97. The van der Waals surface area contributed by atoms with Crippen molar-refractivity contribution in [2.24, 2.45) is 0 Å². The Morgan fingerprint density at radius 1 is 1.15 bits per heavy atom. The molecule has 1 fully saturated rings. The van der Waals surface area contributed by atoms with Gasteiger partial charge >= 0.3 is 0 Å². The molecule has 10 heteroatoms. The van der Waals surface area contributed by atoms with Crippen molar-refractivity contribution >= 4 is 34.3 Å². The minimum atomic E-state index is -0.216. The fraction of sp³-hybridized carbons (Fsp3) is 0.417. The van der Waals surface area contributed by atoms with Crippen molar-refractivity contribution in [1.29, 1.82) is 0 Å². The van der Waals surface area contributed by atoms with Gasteiger partial charge in [0.25, 0.3) is 5.56 Å². The van der Waals surface area contributed by atoms with Crippen molar-refractivity contribution < 1.29 is 9.18 Å². The van der Waals surface area contributed by atoms with Gasteiger partial charge in [0, 0.05) is 43.2 Å². The maximum atomic E-state index is 14.8. The predicted octanol–water partition coefficient (Wildman–Crippen LogP) is 2.33. The van der Waals surface area contributed by atoms with Gasteiger partial charge in [-0.1, -0.05) is 11.8 Å². The molecule has 1 atom stereocenters. The molecule has 0 aliphatic carbocycles. The molecule has 0 bridgehead atoms. The fourth-order valence-corrected chi connectivity index (χ4v) is 6.04. The summed E-state index contributed by atoms with van der Waals surface area (Å²) in [7, 11) is 0. The second-order valence-corrected chi connectivity index (χ2v) is 10.2. The van der Waals surface area contributed by atoms with Gasteiger partial charge in [0.15, 0.2) is 0 Å². The summed E-state index contributed by atoms with van der Waals surface area (Å²) < 4.78 is 16.5. The van der Waals surface area contributed by atoms with Gasteiger partial charge in [0.05, 0.1) is 22.7 Å². The van der Waals surface area contributed by atoms with E-state index in [0.29, 0.717) is 30.4 Å². The molecule has 3 aliphatic heterocycles. The van der Waals surface area contributed by atoms with Crippen molar-refractivity contribution in [1.82, 2.24) is 25.0 Å². The van der Waals surface area contributed by atoms with Crippen LogP contribution in [0, 0.1) is 5.82 Å². The maximum Gasteiger partial charge on any atom is 0.251 e. The SMILES string of the molecule is O=C1CSc2nnc(CNC3CCN(CC4Cn5c(=O)ccc6ccc(F)c4c65)CC3)cc2N1. The van der Waals surface area contributed by atoms with Crippen LogP contribution in [0.4, 0.5) is 10.1 Å². The zero-order valence-electron chi connectivity index (χ0n) is 18.6. The highest BCUT2D eigenvalue weighted by Crippen LogP contribution is 2.35. The lowest BCUT2D eigenvalue weighted by atomic mass is 9.97. The van der Waals surface area contributed by atoms with E-state index < -0.39 is 0 Å². The van der Waals surface area contributed by atoms with Gasteiger partial charge in [-0.2, -0.15) is 5.10 Å². The molecule has 6 rings (SSSR count). The van der Waals surface area contributed by atoms with Crippen LogP contribution in [0.3, 0.4) is 0 Å². The predicted molar refractivity (Wildman–Crippen MR) is 129 cm³/mol. The second-order valence-electron chi connectivity index (χ2n) is 9.23. The molecule has 1 amide bonds. The molecule has 3 aliphatic rings. The molecule has 5 heterocycles. The first-order valence-corrected chi connectivity index (χ1v) is 12.6. The van der Waals surface area contributed by atoms with Gasteiger partial charge in [-0.05, 0) is 55.6 Å². The molecule has 0 saturated carbocycles. The summed E-state index contributed by atoms with van der Waals surface area (Å²) in [5, 5.41) is 16.6. The van der Waals surface area contributed by atoms with Crippen molar-refractivity contribution in [2.45, 2.75) is 42.9 Å². The highest BCUT2D eigenvalue weighted by atomic mass is 32.2. The molecule has 0 radical (unpaired) electrons. The summed E-state index contributed by atoms with van der Waals surface area (Å²) in [5.74, 6) is 0.139. The Labute approximate surface area is 199 Å². The van der Waals surface area contributed by atoms with Crippen LogP contribution in [-0.2, 0) is 17.9 Å². The number of halogens is 1. The smallest absolute Gasteiger partial charge is 0.251 e. The summed E-state index contributed by atoms with van der Waals surface area (Å²) in [4.78, 5) is 26.4. The number of rotatable bonds is 5. The van der Waals surface area contributed by atoms with Crippen LogP contribution in [0.25, 0.3) is 10.9 Å². The number of amides is 1. The molecule has 176 valence electrons. The van der Waals surface area contributed by atoms with E-state index >= 15 is 0 Å². The first-order valence-electron chi connectivity index (χ1n) is 11.6. The lowest BCUT2D eigenvalue weighted by Crippen LogP contribution is -2.43. The lowest BCUT2D eigenvalue weighted by molar-refractivity contribution is -0.113. The van der Waals surface area contributed by atoms with Crippen LogP contribution < -0.4 is 16.2 Å². The molecule has 1 aromatic carbocycles. The Morgan fingerprint density at radius 3 is 2.82 bits per heavy atom. The third kappa shape index (κ3) is 3.99. The number of aromatic nitrogens is 3. The number of pyridine rings is 1. The summed E-state index contributed by atoms with van der Waals surface area (Å²) in [6, 6.07) is 8.89. The quantitative estimate of drug-likeness (QED) is 0.579. The first kappa shape index (κ1) is 21.7. The minimum absolute atomic E-state index is 0.0110. The summed E-state index contributed by atoms with van der Waals surface area (Å²) in [6.45, 7) is 3.71. The Kier molecular flexibility index (Phi) is 5.59. The third-order valence-electron chi connectivity index (χ3n) is 7.01. The first-order chi connectivity index (χ1) is 16.5. The van der Waals surface area contributed by atoms with Crippen molar-refractivity contribution in [2.75, 3.05) is 30.7 Å². The van der Waals surface area contributed by atoms with E-state index in [0.717, 1.165) is 59.8 Å². The van der Waals surface area contributed by atoms with Crippen molar-refractivity contribution in [3.05, 3.63) is 57.8 Å². The van der Waals surface area contributed by atoms with E-state index in [4.69, 9.17) is 0 Å². The Balaban J connectivity index is 1.06. The molecular weight excluding hydrogens is 455 g/mol. The second kappa shape index (κ2) is 8.75. The Morgan fingerprint density at radius 2 is 1.97 bits per heavy atom. The number of hydrogen-bond acceptors (Lipinski definition) is 7. The van der Waals surface area contributed by atoms with Gasteiger partial charge in [-0.15, -0.1) is 5.10 Å². The van der Waals surface area contributed by atoms with Crippen molar-refractivity contribution in [3.8, 4) is 0 Å². The molecule has 2 N–H and O–H groups in total. The number of nitrogens with zero attached hydrogens (tertiary/aromatic N) is 4. The van der Waals surface area contributed by atoms with E-state index in [1.807, 2.05) is 6.07 Å². The van der Waals surface area contributed by atoms with Gasteiger partial charge in [0.2, 0.25) is 5.91 Å². The largest absolute Gasteiger partial charge is 0.323 e. The number of carbonyl (C=O) groups excluding carboxylic acids is 1. The van der Waals surface area contributed by atoms with Crippen LogP contribution in [0.2, 0.25) is 0 Å². The number of fused-ring (bicyclic) bond motifs is 1. The number of carbonyl (C=O) groups is 1. The Hall–Kier alpha value is -2.82. The van der Waals surface area contributed by atoms with Gasteiger partial charge in [0.1, 0.15) is 10.8 Å². The highest BCUT2D eigenvalue weighted by molar-refractivity contribution is 8.00. The van der Waals surface area contributed by atoms with E-state index in [2.05, 4.69) is 25.7 Å². The van der Waals surface area contributed by atoms with Crippen LogP contribution >= 0.6 is 11.8 Å². The molecule has 34 heavy (non-hydrogen) atoms. The summed E-state index contributed by atoms with van der Waals surface area (Å²) >= 11 is 1.41. The van der Waals surface area contributed by atoms with Crippen LogP contribution in [-0.4, -0.2) is 57.0 Å². The molecule has 1 saturated heterocycles. The maximum absolute atomic E-state index is 14.8. The van der Waals surface area contributed by atoms with E-state index in [-0.39, 0.29) is 23.2 Å². The number of benzene rings is 1. The minimum Gasteiger partial charge on any atom is -0.323 e. The summed E-state index contributed by atoms with van der Waals surface area (Å²) in [5.41, 5.74) is 2.93. The fourth-order valence-electron chi connectivity index (χ4n) is 5.33. The molecule has 3 aromatic rings. The van der Waals surface area contributed by atoms with Gasteiger partial charge in [-0.25, -0.2) is 4.39 Å². The molecule has 2 aromatic heterocycles. The van der Waals surface area contributed by atoms with Crippen LogP contribution in [0.5, 0.6) is 0 Å². The standard InChI is InChI=1S/C24H25FN6O2S/c25-18-3-1-14-2-4-21(33)31-12-15(22(18)23(14)31)11-30-7-5-16(6-8-30)26-10-17-9-19-24(29-28-17)34-13-20(32)27-19/h1-4,9,15-16,26H,5-8,10-13H2,(H,27,32). The van der Waals surface area contributed by atoms with E-state index in [1.54, 1.807) is 22.8 Å². The zero-order valence-corrected chi connectivity index (χ0v) is 19.4. The average Bonchev–Trinajstić information content (AvgIpc) is 3.23. The number of piperidine rings is 1. The van der Waals surface area contributed by atoms with Gasteiger partial charge < -0.3 is 20.1 Å². The molecule has 1 unspecified atom stereocenters. The van der Waals surface area contributed by atoms with Crippen LogP contribution in [0.1, 0.15) is 30.0 Å². The molecular formula is C24H25FN6O2S. The average molecular weight is 481 g/mol. The number of thioether (sulfide) groups is 1. The lowest BCUT2D eigenvalue weighted by Gasteiger charge is -2.34. The van der Waals surface area contributed by atoms with E-state index in [1.165, 1.54) is 17.8 Å².